The van der Waals surface area contributed by atoms with Gasteiger partial charge in [0.2, 0.25) is 5.91 Å². The molecule has 0 saturated heterocycles. The molecule has 14 heteroatoms. The number of hydrogen-bond donors (Lipinski definition) is 4. The first-order chi connectivity index (χ1) is 19.7. The van der Waals surface area contributed by atoms with Gasteiger partial charge in [-0.3, -0.25) is 9.59 Å². The van der Waals surface area contributed by atoms with Crippen molar-refractivity contribution in [2.24, 2.45) is 5.73 Å². The SMILES string of the molecule is NC(=O)Cc1cc(I)c(Oc2ccc(O)c(I)c2)c(I)c1.O=C(O)Cc1cc(I)c(Oc2ccc(O)c(I)c2)c(I)c1. The van der Waals surface area contributed by atoms with Gasteiger partial charge in [-0.2, -0.15) is 0 Å². The van der Waals surface area contributed by atoms with Crippen molar-refractivity contribution in [1.82, 2.24) is 0 Å². The zero-order valence-electron chi connectivity index (χ0n) is 21.0. The zero-order valence-corrected chi connectivity index (χ0v) is 34.0. The van der Waals surface area contributed by atoms with Crippen molar-refractivity contribution < 1.29 is 34.4 Å². The third kappa shape index (κ3) is 10.8. The molecule has 42 heavy (non-hydrogen) atoms. The number of primary amides is 1. The fourth-order valence-electron chi connectivity index (χ4n) is 3.34. The number of aromatic hydroxyl groups is 2. The zero-order chi connectivity index (χ0) is 31.1. The van der Waals surface area contributed by atoms with E-state index in [2.05, 4.69) is 90.4 Å². The Morgan fingerprint density at radius 3 is 1.26 bits per heavy atom. The Kier molecular flexibility index (Phi) is 14.2. The number of carboxylic acid groups (broad SMARTS) is 1. The fourth-order valence-corrected chi connectivity index (χ4v) is 8.55. The molecular weight excluding hydrogens is 1220 g/mol. The lowest BCUT2D eigenvalue weighted by molar-refractivity contribution is -0.136. The minimum Gasteiger partial charge on any atom is -0.507 e. The van der Waals surface area contributed by atoms with Crippen LogP contribution in [0.25, 0.3) is 0 Å². The van der Waals surface area contributed by atoms with Crippen molar-refractivity contribution in [3.05, 3.63) is 93.2 Å². The summed E-state index contributed by atoms with van der Waals surface area (Å²) in [7, 11) is 0. The molecule has 0 atom stereocenters. The van der Waals surface area contributed by atoms with E-state index in [-0.39, 0.29) is 30.2 Å². The molecule has 4 aromatic carbocycles. The van der Waals surface area contributed by atoms with Crippen LogP contribution in [0.5, 0.6) is 34.5 Å². The highest BCUT2D eigenvalue weighted by Crippen LogP contribution is 2.36. The highest BCUT2D eigenvalue weighted by molar-refractivity contribution is 14.1. The van der Waals surface area contributed by atoms with Crippen LogP contribution in [0.3, 0.4) is 0 Å². The molecule has 4 aromatic rings. The summed E-state index contributed by atoms with van der Waals surface area (Å²) in [5, 5.41) is 27.9. The van der Waals surface area contributed by atoms with E-state index in [9.17, 15) is 19.8 Å². The minimum atomic E-state index is -0.858. The van der Waals surface area contributed by atoms with Gasteiger partial charge in [0.1, 0.15) is 23.0 Å². The molecule has 0 spiro atoms. The Morgan fingerprint density at radius 1 is 0.595 bits per heavy atom. The van der Waals surface area contributed by atoms with Crippen LogP contribution in [0.1, 0.15) is 11.1 Å². The standard InChI is InChI=1S/C14H10I3NO3.C14H9I3O4/c15-9-6-8(1-2-12(9)19)21-14-10(16)3-7(4-11(14)17)5-13(18)20;15-9-6-8(1-2-12(9)18)21-14-10(16)3-7(4-11(14)17)5-13(19)20/h1-4,6,19H,5H2,(H2,18,20);1-4,6,18H,5H2,(H,19,20). The monoisotopic (exact) mass is 1240 g/mol. The highest BCUT2D eigenvalue weighted by Gasteiger charge is 2.14. The number of ether oxygens (including phenoxy) is 2. The Balaban J connectivity index is 0.000000230. The second kappa shape index (κ2) is 16.6. The Hall–Kier alpha value is -0.600. The number of halogens is 6. The van der Waals surface area contributed by atoms with Gasteiger partial charge in [0.15, 0.2) is 11.5 Å². The van der Waals surface area contributed by atoms with Crippen molar-refractivity contribution in [3.63, 3.8) is 0 Å². The van der Waals surface area contributed by atoms with Crippen LogP contribution >= 0.6 is 136 Å². The van der Waals surface area contributed by atoms with Gasteiger partial charge < -0.3 is 30.5 Å². The molecule has 0 aliphatic carbocycles. The molecule has 0 radical (unpaired) electrons. The molecule has 5 N–H and O–H groups in total. The minimum absolute atomic E-state index is 0.0105. The van der Waals surface area contributed by atoms with Gasteiger partial charge >= 0.3 is 5.97 Å². The van der Waals surface area contributed by atoms with Gasteiger partial charge in [-0.1, -0.05) is 0 Å². The number of phenols is 2. The molecule has 8 nitrogen and oxygen atoms in total. The number of carboxylic acids is 1. The first-order valence-electron chi connectivity index (χ1n) is 11.5. The second-order valence-electron chi connectivity index (χ2n) is 8.42. The van der Waals surface area contributed by atoms with Gasteiger partial charge in [-0.25, -0.2) is 0 Å². The molecule has 0 aliphatic rings. The predicted molar refractivity (Wildman–Crippen MR) is 210 cm³/mol. The van der Waals surface area contributed by atoms with Crippen LogP contribution in [0, 0.1) is 21.4 Å². The quantitative estimate of drug-likeness (QED) is 0.130. The number of phenolic OH excluding ortho intramolecular Hbond substituents is 2. The molecule has 0 saturated carbocycles. The van der Waals surface area contributed by atoms with Gasteiger partial charge in [-0.05, 0) is 207 Å². The normalized spacial score (nSPS) is 10.4. The summed E-state index contributed by atoms with van der Waals surface area (Å²) in [6.45, 7) is 0. The summed E-state index contributed by atoms with van der Waals surface area (Å²) < 4.78 is 16.7. The summed E-state index contributed by atoms with van der Waals surface area (Å²) >= 11 is 12.7. The summed E-state index contributed by atoms with van der Waals surface area (Å²) in [4.78, 5) is 21.8. The average molecular weight is 1240 g/mol. The fraction of sp³-hybridized carbons (Fsp3) is 0.0714. The van der Waals surface area contributed by atoms with Gasteiger partial charge in [-0.15, -0.1) is 0 Å². The van der Waals surface area contributed by atoms with E-state index in [1.54, 1.807) is 48.5 Å². The van der Waals surface area contributed by atoms with E-state index >= 15 is 0 Å². The molecule has 1 amide bonds. The summed E-state index contributed by atoms with van der Waals surface area (Å²) in [5.41, 5.74) is 6.82. The van der Waals surface area contributed by atoms with Crippen LogP contribution < -0.4 is 15.2 Å². The number of rotatable bonds is 8. The molecule has 0 heterocycles. The maximum atomic E-state index is 11.0. The number of carbonyl (C=O) groups is 2. The lowest BCUT2D eigenvalue weighted by Gasteiger charge is -2.12. The van der Waals surface area contributed by atoms with Gasteiger partial charge in [0.05, 0.1) is 34.3 Å². The van der Waals surface area contributed by atoms with Gasteiger partial charge in [0, 0.05) is 0 Å². The highest BCUT2D eigenvalue weighted by atomic mass is 127. The molecule has 4 rings (SSSR count). The molecule has 0 bridgehead atoms. The molecule has 0 aliphatic heterocycles. The number of hydrogen-bond acceptors (Lipinski definition) is 6. The predicted octanol–water partition coefficient (Wildman–Crippen LogP) is 8.65. The van der Waals surface area contributed by atoms with E-state index in [1.807, 2.05) is 57.3 Å². The summed E-state index contributed by atoms with van der Waals surface area (Å²) in [6.07, 6.45) is 0.201. The van der Waals surface area contributed by atoms with Crippen LogP contribution in [0.2, 0.25) is 0 Å². The number of benzene rings is 4. The summed E-state index contributed by atoms with van der Waals surface area (Å²) in [6, 6.07) is 17.5. The average Bonchev–Trinajstić information content (AvgIpc) is 2.87. The van der Waals surface area contributed by atoms with Crippen molar-refractivity contribution in [1.29, 1.82) is 0 Å². The van der Waals surface area contributed by atoms with Crippen LogP contribution in [0.15, 0.2) is 60.7 Å². The first-order valence-corrected chi connectivity index (χ1v) is 18.0. The summed E-state index contributed by atoms with van der Waals surface area (Å²) in [5.74, 6) is 1.91. The van der Waals surface area contributed by atoms with Gasteiger partial charge in [0.25, 0.3) is 0 Å². The smallest absolute Gasteiger partial charge is 0.307 e. The van der Waals surface area contributed by atoms with Crippen LogP contribution in [0.4, 0.5) is 0 Å². The maximum absolute atomic E-state index is 11.0. The lowest BCUT2D eigenvalue weighted by atomic mass is 10.1. The van der Waals surface area contributed by atoms with E-state index in [0.717, 1.165) is 34.7 Å². The van der Waals surface area contributed by atoms with Crippen LogP contribution in [-0.4, -0.2) is 27.2 Å². The van der Waals surface area contributed by atoms with Crippen LogP contribution in [-0.2, 0) is 22.4 Å². The third-order valence-corrected chi connectivity index (χ3v) is 10.1. The number of carbonyl (C=O) groups excluding carboxylic acids is 1. The molecule has 0 aromatic heterocycles. The molecule has 0 fully saturated rings. The number of amides is 1. The molecule has 0 unspecified atom stereocenters. The van der Waals surface area contributed by atoms with E-state index in [4.69, 9.17) is 20.3 Å². The number of aliphatic carboxylic acids is 1. The second-order valence-corrected chi connectivity index (χ2v) is 15.4. The van der Waals surface area contributed by atoms with Crippen molar-refractivity contribution in [3.8, 4) is 34.5 Å². The van der Waals surface area contributed by atoms with E-state index in [1.165, 1.54) is 0 Å². The topological polar surface area (TPSA) is 139 Å². The third-order valence-electron chi connectivity index (χ3n) is 5.13. The maximum Gasteiger partial charge on any atom is 0.307 e. The molecular formula is C28H19I6NO7. The number of nitrogens with two attached hydrogens (primary N) is 1. The Labute approximate surface area is 323 Å². The van der Waals surface area contributed by atoms with Crippen molar-refractivity contribution in [2.45, 2.75) is 12.8 Å². The van der Waals surface area contributed by atoms with Crippen molar-refractivity contribution >= 4 is 147 Å². The van der Waals surface area contributed by atoms with Crippen molar-refractivity contribution in [2.75, 3.05) is 0 Å². The first kappa shape index (κ1) is 35.9. The molecule has 220 valence electrons. The Bertz CT molecular complexity index is 1480. The lowest BCUT2D eigenvalue weighted by Crippen LogP contribution is -2.13. The van der Waals surface area contributed by atoms with E-state index < -0.39 is 5.97 Å². The largest absolute Gasteiger partial charge is 0.507 e. The Morgan fingerprint density at radius 2 is 0.952 bits per heavy atom. The van der Waals surface area contributed by atoms with E-state index in [0.29, 0.717) is 20.8 Å².